The van der Waals surface area contributed by atoms with E-state index in [9.17, 15) is 4.79 Å². The van der Waals surface area contributed by atoms with Gasteiger partial charge in [-0.2, -0.15) is 0 Å². The molecule has 1 unspecified atom stereocenters. The molecule has 0 radical (unpaired) electrons. The number of rotatable bonds is 3. The van der Waals surface area contributed by atoms with Crippen molar-refractivity contribution in [1.82, 2.24) is 9.97 Å². The zero-order valence-corrected chi connectivity index (χ0v) is 16.1. The van der Waals surface area contributed by atoms with Crippen molar-refractivity contribution in [2.24, 2.45) is 5.92 Å². The summed E-state index contributed by atoms with van der Waals surface area (Å²) in [5.41, 5.74) is 3.86. The first kappa shape index (κ1) is 18.2. The van der Waals surface area contributed by atoms with Crippen LogP contribution in [-0.4, -0.2) is 42.2 Å². The molecule has 142 valence electrons. The molecule has 7 heteroatoms. The van der Waals surface area contributed by atoms with Gasteiger partial charge in [-0.3, -0.25) is 4.79 Å². The summed E-state index contributed by atoms with van der Waals surface area (Å²) in [6.07, 6.45) is 4.11. The molecule has 27 heavy (non-hydrogen) atoms. The SMILES string of the molecule is Cc1ccc(Cl)c(NC(=O)C2CCc3nc(N4CCOCC4)ncc3C2)c1. The second-order valence-electron chi connectivity index (χ2n) is 7.15. The molecule has 4 rings (SSSR count). The summed E-state index contributed by atoms with van der Waals surface area (Å²) in [4.78, 5) is 24.1. The van der Waals surface area contributed by atoms with Crippen molar-refractivity contribution in [2.45, 2.75) is 26.2 Å². The quantitative estimate of drug-likeness (QED) is 0.878. The second kappa shape index (κ2) is 7.82. The first-order valence-corrected chi connectivity index (χ1v) is 9.72. The summed E-state index contributed by atoms with van der Waals surface area (Å²) in [7, 11) is 0. The molecule has 1 fully saturated rings. The van der Waals surface area contributed by atoms with Crippen LogP contribution in [0.1, 0.15) is 23.2 Å². The topological polar surface area (TPSA) is 67.4 Å². The van der Waals surface area contributed by atoms with Crippen molar-refractivity contribution in [2.75, 3.05) is 36.5 Å². The van der Waals surface area contributed by atoms with Crippen LogP contribution in [0.25, 0.3) is 0 Å². The number of amides is 1. The molecule has 1 aliphatic heterocycles. The van der Waals surface area contributed by atoms with Gasteiger partial charge in [0.1, 0.15) is 0 Å². The Balaban J connectivity index is 1.44. The van der Waals surface area contributed by atoms with Crippen LogP contribution in [0.3, 0.4) is 0 Å². The standard InChI is InChI=1S/C20H23ClN4O2/c1-13-2-4-16(21)18(10-13)23-19(26)14-3-5-17-15(11-14)12-22-20(24-17)25-6-8-27-9-7-25/h2,4,10,12,14H,3,5-9,11H2,1H3,(H,23,26). The van der Waals surface area contributed by atoms with Crippen LogP contribution in [0.15, 0.2) is 24.4 Å². The lowest BCUT2D eigenvalue weighted by Gasteiger charge is -2.28. The van der Waals surface area contributed by atoms with Gasteiger partial charge in [0.15, 0.2) is 0 Å². The monoisotopic (exact) mass is 386 g/mol. The number of hydrogen-bond donors (Lipinski definition) is 1. The molecular formula is C20H23ClN4O2. The molecule has 1 saturated heterocycles. The van der Waals surface area contributed by atoms with Crippen LogP contribution in [0.5, 0.6) is 0 Å². The van der Waals surface area contributed by atoms with Gasteiger partial charge in [-0.1, -0.05) is 17.7 Å². The Kier molecular flexibility index (Phi) is 5.27. The van der Waals surface area contributed by atoms with E-state index in [1.165, 1.54) is 0 Å². The van der Waals surface area contributed by atoms with E-state index in [-0.39, 0.29) is 11.8 Å². The van der Waals surface area contributed by atoms with Crippen molar-refractivity contribution < 1.29 is 9.53 Å². The summed E-state index contributed by atoms with van der Waals surface area (Å²) in [6, 6.07) is 5.64. The smallest absolute Gasteiger partial charge is 0.227 e. The lowest BCUT2D eigenvalue weighted by molar-refractivity contribution is -0.120. The van der Waals surface area contributed by atoms with Crippen molar-refractivity contribution in [3.05, 3.63) is 46.2 Å². The fraction of sp³-hybridized carbons (Fsp3) is 0.450. The maximum absolute atomic E-state index is 12.7. The number of nitrogens with one attached hydrogen (secondary N) is 1. The van der Waals surface area contributed by atoms with Crippen LogP contribution in [0, 0.1) is 12.8 Å². The van der Waals surface area contributed by atoms with E-state index in [0.717, 1.165) is 48.7 Å². The molecule has 2 aromatic rings. The Morgan fingerprint density at radius 3 is 2.96 bits per heavy atom. The Hall–Kier alpha value is -2.18. The number of hydrogen-bond acceptors (Lipinski definition) is 5. The van der Waals surface area contributed by atoms with E-state index < -0.39 is 0 Å². The zero-order chi connectivity index (χ0) is 18.8. The molecule has 0 saturated carbocycles. The number of nitrogens with zero attached hydrogens (tertiary/aromatic N) is 3. The summed E-state index contributed by atoms with van der Waals surface area (Å²) in [5.74, 6) is 0.684. The third-order valence-corrected chi connectivity index (χ3v) is 5.51. The molecule has 0 spiro atoms. The van der Waals surface area contributed by atoms with E-state index in [4.69, 9.17) is 21.3 Å². The Bertz CT molecular complexity index is 852. The largest absolute Gasteiger partial charge is 0.378 e. The van der Waals surface area contributed by atoms with Crippen molar-refractivity contribution in [3.8, 4) is 0 Å². The second-order valence-corrected chi connectivity index (χ2v) is 7.56. The molecule has 1 aromatic carbocycles. The number of carbonyl (C=O) groups excluding carboxylic acids is 1. The van der Waals surface area contributed by atoms with Crippen LogP contribution >= 0.6 is 11.6 Å². The first-order chi connectivity index (χ1) is 13.1. The van der Waals surface area contributed by atoms with Crippen LogP contribution in [0.2, 0.25) is 5.02 Å². The Morgan fingerprint density at radius 1 is 1.33 bits per heavy atom. The van der Waals surface area contributed by atoms with Gasteiger partial charge in [0, 0.05) is 30.9 Å². The van der Waals surface area contributed by atoms with E-state index in [2.05, 4.69) is 15.2 Å². The van der Waals surface area contributed by atoms with Gasteiger partial charge in [0.25, 0.3) is 0 Å². The first-order valence-electron chi connectivity index (χ1n) is 9.34. The number of aromatic nitrogens is 2. The Morgan fingerprint density at radius 2 is 2.15 bits per heavy atom. The fourth-order valence-electron chi connectivity index (χ4n) is 3.61. The fourth-order valence-corrected chi connectivity index (χ4v) is 3.77. The van der Waals surface area contributed by atoms with Crippen LogP contribution < -0.4 is 10.2 Å². The number of benzene rings is 1. The average Bonchev–Trinajstić information content (AvgIpc) is 2.70. The summed E-state index contributed by atoms with van der Waals surface area (Å²) >= 11 is 6.20. The molecule has 0 bridgehead atoms. The van der Waals surface area contributed by atoms with E-state index in [0.29, 0.717) is 30.3 Å². The van der Waals surface area contributed by atoms with E-state index in [1.807, 2.05) is 31.3 Å². The maximum Gasteiger partial charge on any atom is 0.227 e. The van der Waals surface area contributed by atoms with Crippen molar-refractivity contribution in [3.63, 3.8) is 0 Å². The number of fused-ring (bicyclic) bond motifs is 1. The van der Waals surface area contributed by atoms with Gasteiger partial charge in [0.05, 0.1) is 23.9 Å². The van der Waals surface area contributed by atoms with E-state index in [1.54, 1.807) is 0 Å². The molecule has 6 nitrogen and oxygen atoms in total. The minimum Gasteiger partial charge on any atom is -0.378 e. The van der Waals surface area contributed by atoms with Gasteiger partial charge in [-0.25, -0.2) is 9.97 Å². The molecule has 1 aliphatic carbocycles. The van der Waals surface area contributed by atoms with Gasteiger partial charge < -0.3 is 15.0 Å². The van der Waals surface area contributed by atoms with Crippen molar-refractivity contribution >= 4 is 29.1 Å². The lowest BCUT2D eigenvalue weighted by atomic mass is 9.86. The molecule has 1 atom stereocenters. The highest BCUT2D eigenvalue weighted by atomic mass is 35.5. The van der Waals surface area contributed by atoms with Gasteiger partial charge in [-0.05, 0) is 49.4 Å². The normalized spacial score (nSPS) is 19.5. The van der Waals surface area contributed by atoms with Crippen molar-refractivity contribution in [1.29, 1.82) is 0 Å². The zero-order valence-electron chi connectivity index (χ0n) is 15.4. The van der Waals surface area contributed by atoms with Gasteiger partial charge >= 0.3 is 0 Å². The molecular weight excluding hydrogens is 364 g/mol. The summed E-state index contributed by atoms with van der Waals surface area (Å²) in [5, 5.41) is 3.54. The maximum atomic E-state index is 12.7. The number of aryl methyl sites for hydroxylation is 2. The molecule has 1 aromatic heterocycles. The lowest BCUT2D eigenvalue weighted by Crippen LogP contribution is -2.38. The minimum atomic E-state index is -0.0908. The number of anilines is 2. The van der Waals surface area contributed by atoms with Gasteiger partial charge in [-0.15, -0.1) is 0 Å². The number of ether oxygens (including phenoxy) is 1. The van der Waals surface area contributed by atoms with E-state index >= 15 is 0 Å². The summed E-state index contributed by atoms with van der Waals surface area (Å²) < 4.78 is 5.39. The third-order valence-electron chi connectivity index (χ3n) is 5.18. The predicted octanol–water partition coefficient (Wildman–Crippen LogP) is 3.02. The number of morpholine rings is 1. The highest BCUT2D eigenvalue weighted by Gasteiger charge is 2.27. The Labute approximate surface area is 163 Å². The highest BCUT2D eigenvalue weighted by molar-refractivity contribution is 6.33. The highest BCUT2D eigenvalue weighted by Crippen LogP contribution is 2.28. The molecule has 1 N–H and O–H groups in total. The molecule has 1 amide bonds. The van der Waals surface area contributed by atoms with Crippen LogP contribution in [0.4, 0.5) is 11.6 Å². The van der Waals surface area contributed by atoms with Gasteiger partial charge in [0.2, 0.25) is 11.9 Å². The number of carbonyl (C=O) groups is 1. The third kappa shape index (κ3) is 4.06. The molecule has 2 heterocycles. The number of halogens is 1. The molecule has 2 aliphatic rings. The average molecular weight is 387 g/mol. The summed E-state index contributed by atoms with van der Waals surface area (Å²) in [6.45, 7) is 5.04. The minimum absolute atomic E-state index is 0.00501. The predicted molar refractivity (Wildman–Crippen MR) is 105 cm³/mol. The van der Waals surface area contributed by atoms with Crippen LogP contribution in [-0.2, 0) is 22.4 Å².